The van der Waals surface area contributed by atoms with Crippen LogP contribution in [-0.2, 0) is 0 Å². The standard InChI is InChI=1S/C21H18Cl2F2N4O/c22-14-5-4-12(7-15(14)23)21(30)29-6-2-1-3-13(29)10-27-20-11-26-18-8-16(24)17(25)9-19(18)28-20/h4-5,7-9,11,13H,1-3,6,10H2,(H,27,28)/t13-/m0/s1. The van der Waals surface area contributed by atoms with Crippen molar-refractivity contribution in [2.75, 3.05) is 18.4 Å². The summed E-state index contributed by atoms with van der Waals surface area (Å²) in [6.07, 6.45) is 4.23. The van der Waals surface area contributed by atoms with E-state index in [2.05, 4.69) is 15.3 Å². The average Bonchev–Trinajstić information content (AvgIpc) is 2.75. The third-order valence-electron chi connectivity index (χ3n) is 5.16. The molecule has 1 saturated heterocycles. The Morgan fingerprint density at radius 1 is 1.10 bits per heavy atom. The first-order valence-corrected chi connectivity index (χ1v) is 10.3. The van der Waals surface area contributed by atoms with E-state index in [1.165, 1.54) is 6.20 Å². The number of amides is 1. The lowest BCUT2D eigenvalue weighted by atomic mass is 10.0. The molecule has 0 unspecified atom stereocenters. The number of piperidine rings is 1. The van der Waals surface area contributed by atoms with E-state index < -0.39 is 11.6 Å². The molecule has 5 nitrogen and oxygen atoms in total. The summed E-state index contributed by atoms with van der Waals surface area (Å²) in [4.78, 5) is 23.3. The van der Waals surface area contributed by atoms with Crippen molar-refractivity contribution < 1.29 is 13.6 Å². The largest absolute Gasteiger partial charge is 0.367 e. The van der Waals surface area contributed by atoms with Crippen molar-refractivity contribution in [1.82, 2.24) is 14.9 Å². The van der Waals surface area contributed by atoms with Crippen LogP contribution in [0.5, 0.6) is 0 Å². The van der Waals surface area contributed by atoms with E-state index in [-0.39, 0.29) is 23.0 Å². The zero-order valence-corrected chi connectivity index (χ0v) is 17.4. The Labute approximate surface area is 182 Å². The summed E-state index contributed by atoms with van der Waals surface area (Å²) in [5, 5.41) is 3.90. The van der Waals surface area contributed by atoms with Gasteiger partial charge in [-0.25, -0.2) is 13.8 Å². The second-order valence-corrected chi connectivity index (χ2v) is 7.98. The first kappa shape index (κ1) is 20.8. The minimum Gasteiger partial charge on any atom is -0.367 e. The van der Waals surface area contributed by atoms with Crippen LogP contribution < -0.4 is 5.32 Å². The fourth-order valence-corrected chi connectivity index (χ4v) is 3.89. The summed E-state index contributed by atoms with van der Waals surface area (Å²) in [5.74, 6) is -1.61. The molecule has 1 atom stereocenters. The van der Waals surface area contributed by atoms with Crippen molar-refractivity contribution in [3.05, 3.63) is 63.8 Å². The third kappa shape index (κ3) is 4.32. The zero-order valence-electron chi connectivity index (χ0n) is 15.8. The topological polar surface area (TPSA) is 58.1 Å². The number of nitrogens with one attached hydrogen (secondary N) is 1. The molecule has 1 aliphatic rings. The van der Waals surface area contributed by atoms with Gasteiger partial charge in [0.2, 0.25) is 0 Å². The van der Waals surface area contributed by atoms with Gasteiger partial charge >= 0.3 is 0 Å². The van der Waals surface area contributed by atoms with Gasteiger partial charge in [-0.15, -0.1) is 0 Å². The molecule has 0 aliphatic carbocycles. The predicted octanol–water partition coefficient (Wildman–Crippen LogP) is 5.32. The predicted molar refractivity (Wildman–Crippen MR) is 113 cm³/mol. The number of anilines is 1. The first-order chi connectivity index (χ1) is 14.4. The van der Waals surface area contributed by atoms with Gasteiger partial charge in [-0.1, -0.05) is 23.2 Å². The number of hydrogen-bond donors (Lipinski definition) is 1. The second kappa shape index (κ2) is 8.70. The molecule has 1 aromatic heterocycles. The average molecular weight is 451 g/mol. The van der Waals surface area contributed by atoms with E-state index in [1.54, 1.807) is 18.2 Å². The molecule has 1 amide bonds. The van der Waals surface area contributed by atoms with Crippen molar-refractivity contribution in [3.8, 4) is 0 Å². The van der Waals surface area contributed by atoms with Crippen LogP contribution >= 0.6 is 23.2 Å². The molecule has 156 valence electrons. The number of nitrogens with zero attached hydrogens (tertiary/aromatic N) is 3. The number of likely N-dealkylation sites (tertiary alicyclic amines) is 1. The van der Waals surface area contributed by atoms with Gasteiger partial charge in [0.15, 0.2) is 11.6 Å². The van der Waals surface area contributed by atoms with Crippen LogP contribution in [0.15, 0.2) is 36.5 Å². The van der Waals surface area contributed by atoms with E-state index in [1.807, 2.05) is 4.90 Å². The van der Waals surface area contributed by atoms with Crippen LogP contribution in [0.4, 0.5) is 14.6 Å². The molecule has 4 rings (SSSR count). The summed E-state index contributed by atoms with van der Waals surface area (Å²) in [5.41, 5.74) is 1.01. The van der Waals surface area contributed by atoms with Crippen LogP contribution in [0.1, 0.15) is 29.6 Å². The highest BCUT2D eigenvalue weighted by molar-refractivity contribution is 6.42. The molecule has 0 bridgehead atoms. The van der Waals surface area contributed by atoms with Gasteiger partial charge < -0.3 is 10.2 Å². The number of rotatable bonds is 4. The maximum Gasteiger partial charge on any atom is 0.254 e. The van der Waals surface area contributed by atoms with Crippen molar-refractivity contribution >= 4 is 46.0 Å². The van der Waals surface area contributed by atoms with Crippen LogP contribution in [0.25, 0.3) is 11.0 Å². The Balaban J connectivity index is 1.49. The highest BCUT2D eigenvalue weighted by Crippen LogP contribution is 2.26. The number of halogens is 4. The van der Waals surface area contributed by atoms with E-state index in [9.17, 15) is 13.6 Å². The Morgan fingerprint density at radius 3 is 2.63 bits per heavy atom. The Morgan fingerprint density at radius 2 is 1.87 bits per heavy atom. The van der Waals surface area contributed by atoms with Crippen molar-refractivity contribution in [2.45, 2.75) is 25.3 Å². The minimum atomic E-state index is -0.973. The van der Waals surface area contributed by atoms with Gasteiger partial charge in [-0.05, 0) is 37.5 Å². The smallest absolute Gasteiger partial charge is 0.254 e. The van der Waals surface area contributed by atoms with Crippen LogP contribution in [0.3, 0.4) is 0 Å². The van der Waals surface area contributed by atoms with E-state index >= 15 is 0 Å². The van der Waals surface area contributed by atoms with Gasteiger partial charge in [0.1, 0.15) is 5.82 Å². The molecule has 1 aliphatic heterocycles. The Bertz CT molecular complexity index is 1110. The molecule has 2 heterocycles. The summed E-state index contributed by atoms with van der Waals surface area (Å²) in [7, 11) is 0. The molecule has 0 saturated carbocycles. The van der Waals surface area contributed by atoms with Gasteiger partial charge in [0.25, 0.3) is 5.91 Å². The van der Waals surface area contributed by atoms with E-state index in [0.717, 1.165) is 31.4 Å². The van der Waals surface area contributed by atoms with Crippen LogP contribution in [0, 0.1) is 11.6 Å². The fourth-order valence-electron chi connectivity index (χ4n) is 3.59. The SMILES string of the molecule is O=C(c1ccc(Cl)c(Cl)c1)N1CCCC[C@H]1CNc1cnc2cc(F)c(F)cc2n1. The quantitative estimate of drug-likeness (QED) is 0.583. The number of benzene rings is 2. The lowest BCUT2D eigenvalue weighted by molar-refractivity contribution is 0.0628. The van der Waals surface area contributed by atoms with Gasteiger partial charge in [0, 0.05) is 36.8 Å². The molecule has 30 heavy (non-hydrogen) atoms. The lowest BCUT2D eigenvalue weighted by Crippen LogP contribution is -2.47. The Kier molecular flexibility index (Phi) is 6.01. The monoisotopic (exact) mass is 450 g/mol. The molecule has 3 aromatic rings. The van der Waals surface area contributed by atoms with Crippen molar-refractivity contribution in [2.24, 2.45) is 0 Å². The van der Waals surface area contributed by atoms with Gasteiger partial charge in [0.05, 0.1) is 27.3 Å². The molecular formula is C21H18Cl2F2N4O. The molecular weight excluding hydrogens is 433 g/mol. The summed E-state index contributed by atoms with van der Waals surface area (Å²) in [6.45, 7) is 1.09. The molecule has 1 fully saturated rings. The number of aromatic nitrogens is 2. The van der Waals surface area contributed by atoms with E-state index in [0.29, 0.717) is 34.5 Å². The Hall–Kier alpha value is -2.51. The molecule has 9 heteroatoms. The molecule has 0 radical (unpaired) electrons. The lowest BCUT2D eigenvalue weighted by Gasteiger charge is -2.36. The van der Waals surface area contributed by atoms with E-state index in [4.69, 9.17) is 23.2 Å². The fraction of sp³-hybridized carbons (Fsp3) is 0.286. The number of hydrogen-bond acceptors (Lipinski definition) is 4. The zero-order chi connectivity index (χ0) is 21.3. The number of carbonyl (C=O) groups excluding carboxylic acids is 1. The summed E-state index contributed by atoms with van der Waals surface area (Å²) in [6, 6.07) is 6.83. The minimum absolute atomic E-state index is 0.0526. The molecule has 0 spiro atoms. The highest BCUT2D eigenvalue weighted by atomic mass is 35.5. The number of fused-ring (bicyclic) bond motifs is 1. The second-order valence-electron chi connectivity index (χ2n) is 7.17. The summed E-state index contributed by atoms with van der Waals surface area (Å²) >= 11 is 12.0. The number of carbonyl (C=O) groups is 1. The maximum absolute atomic E-state index is 13.5. The highest BCUT2D eigenvalue weighted by Gasteiger charge is 2.27. The maximum atomic E-state index is 13.5. The van der Waals surface area contributed by atoms with Crippen molar-refractivity contribution in [1.29, 1.82) is 0 Å². The first-order valence-electron chi connectivity index (χ1n) is 9.54. The van der Waals surface area contributed by atoms with Gasteiger partial charge in [-0.2, -0.15) is 0 Å². The normalized spacial score (nSPS) is 16.7. The summed E-state index contributed by atoms with van der Waals surface area (Å²) < 4.78 is 26.8. The van der Waals surface area contributed by atoms with Crippen LogP contribution in [-0.4, -0.2) is 39.9 Å². The molecule has 1 N–H and O–H groups in total. The van der Waals surface area contributed by atoms with Crippen LogP contribution in [0.2, 0.25) is 10.0 Å². The third-order valence-corrected chi connectivity index (χ3v) is 5.90. The van der Waals surface area contributed by atoms with Crippen molar-refractivity contribution in [3.63, 3.8) is 0 Å². The van der Waals surface area contributed by atoms with Gasteiger partial charge in [-0.3, -0.25) is 9.78 Å². The molecule has 2 aromatic carbocycles.